The van der Waals surface area contributed by atoms with Gasteiger partial charge in [0.2, 0.25) is 11.9 Å². The minimum Gasteiger partial charge on any atom is -0.460 e. The molecule has 11 heteroatoms. The van der Waals surface area contributed by atoms with Crippen molar-refractivity contribution < 1.29 is 18.7 Å². The van der Waals surface area contributed by atoms with E-state index in [1.165, 1.54) is 12.1 Å². The van der Waals surface area contributed by atoms with Gasteiger partial charge in [-0.3, -0.25) is 9.59 Å². The summed E-state index contributed by atoms with van der Waals surface area (Å²) in [4.78, 5) is 38.4. The first-order chi connectivity index (χ1) is 20.2. The van der Waals surface area contributed by atoms with Crippen LogP contribution in [0.5, 0.6) is 6.01 Å². The zero-order valence-electron chi connectivity index (χ0n) is 24.7. The lowest BCUT2D eigenvalue weighted by molar-refractivity contribution is -0.130. The maximum atomic E-state index is 14.8. The van der Waals surface area contributed by atoms with Crippen LogP contribution in [0.25, 0.3) is 5.65 Å². The Morgan fingerprint density at radius 2 is 1.98 bits per heavy atom. The van der Waals surface area contributed by atoms with Crippen LogP contribution < -0.4 is 10.1 Å². The van der Waals surface area contributed by atoms with E-state index in [2.05, 4.69) is 47.8 Å². The largest absolute Gasteiger partial charge is 0.460 e. The number of hydrogen-bond acceptors (Lipinski definition) is 8. The number of ether oxygens (including phenoxy) is 1. The van der Waals surface area contributed by atoms with Gasteiger partial charge in [-0.25, -0.2) is 4.39 Å². The van der Waals surface area contributed by atoms with Crippen molar-refractivity contribution in [3.63, 3.8) is 0 Å². The Morgan fingerprint density at radius 3 is 2.71 bits per heavy atom. The summed E-state index contributed by atoms with van der Waals surface area (Å²) in [6.07, 6.45) is 6.34. The van der Waals surface area contributed by atoms with Crippen LogP contribution in [0, 0.1) is 11.7 Å². The molecule has 4 heterocycles. The van der Waals surface area contributed by atoms with Gasteiger partial charge in [0.25, 0.3) is 0 Å². The molecule has 1 N–H and O–H groups in total. The van der Waals surface area contributed by atoms with Gasteiger partial charge in [0, 0.05) is 50.6 Å². The van der Waals surface area contributed by atoms with E-state index >= 15 is 0 Å². The Labute approximate surface area is 246 Å². The Morgan fingerprint density at radius 1 is 1.19 bits per heavy atom. The zero-order chi connectivity index (χ0) is 29.8. The zero-order valence-corrected chi connectivity index (χ0v) is 24.7. The smallest absolute Gasteiger partial charge is 0.322 e. The number of aromatic nitrogens is 4. The fourth-order valence-corrected chi connectivity index (χ4v) is 5.66. The van der Waals surface area contributed by atoms with E-state index in [9.17, 15) is 14.0 Å². The Bertz CT molecular complexity index is 1450. The fraction of sp³-hybridized carbons (Fsp3) is 0.516. The second-order valence-corrected chi connectivity index (χ2v) is 11.7. The average molecular weight is 578 g/mol. The SMILES string of the molecule is C=CC(=O)N1CCCC(C(=O)Cc2cc(CNc3nc(OC4CCN(C)CC4)nc4c(C(C)C)cnn34)ccc2F)C1. The van der Waals surface area contributed by atoms with E-state index in [-0.39, 0.29) is 36.1 Å². The monoisotopic (exact) mass is 577 g/mol. The van der Waals surface area contributed by atoms with E-state index in [1.807, 2.05) is 0 Å². The van der Waals surface area contributed by atoms with Crippen LogP contribution in [-0.2, 0) is 22.6 Å². The van der Waals surface area contributed by atoms with Gasteiger partial charge in [-0.1, -0.05) is 32.6 Å². The van der Waals surface area contributed by atoms with E-state index in [0.29, 0.717) is 49.2 Å². The van der Waals surface area contributed by atoms with Gasteiger partial charge in [-0.2, -0.15) is 19.6 Å². The summed E-state index contributed by atoms with van der Waals surface area (Å²) in [5, 5.41) is 7.85. The molecule has 2 aliphatic rings. The number of nitrogens with one attached hydrogen (secondary N) is 1. The lowest BCUT2D eigenvalue weighted by atomic mass is 9.90. The predicted molar refractivity (Wildman–Crippen MR) is 158 cm³/mol. The Kier molecular flexibility index (Phi) is 9.15. The minimum absolute atomic E-state index is 0.0241. The standard InChI is InChI=1S/C31H40FN7O3/c1-5-28(41)38-12-6-7-22(19-38)27(40)16-23-15-21(8-9-26(23)32)17-33-30-36-31(42-24-10-13-37(4)14-11-24)35-29-25(20(2)3)18-34-39(29)30/h5,8-9,15,18,20,22,24H,1,6-7,10-14,16-17,19H2,2-4H3,(H,33,35,36). The van der Waals surface area contributed by atoms with Crippen LogP contribution in [0.2, 0.25) is 0 Å². The van der Waals surface area contributed by atoms with Crippen molar-refractivity contribution in [2.75, 3.05) is 38.5 Å². The number of anilines is 1. The van der Waals surface area contributed by atoms with Gasteiger partial charge in [-0.05, 0) is 61.9 Å². The number of ketones is 1. The molecule has 2 saturated heterocycles. The molecule has 0 radical (unpaired) electrons. The van der Waals surface area contributed by atoms with Crippen molar-refractivity contribution in [1.29, 1.82) is 0 Å². The summed E-state index contributed by atoms with van der Waals surface area (Å²) < 4.78 is 22.7. The van der Waals surface area contributed by atoms with Gasteiger partial charge < -0.3 is 19.9 Å². The maximum Gasteiger partial charge on any atom is 0.322 e. The number of halogens is 1. The summed E-state index contributed by atoms with van der Waals surface area (Å²) >= 11 is 0. The highest BCUT2D eigenvalue weighted by atomic mass is 19.1. The number of likely N-dealkylation sites (tertiary alicyclic amines) is 2. The molecule has 1 unspecified atom stereocenters. The molecule has 1 aromatic carbocycles. The van der Waals surface area contributed by atoms with Crippen molar-refractivity contribution in [3.8, 4) is 6.01 Å². The van der Waals surface area contributed by atoms with Crippen LogP contribution in [0.3, 0.4) is 0 Å². The van der Waals surface area contributed by atoms with Gasteiger partial charge >= 0.3 is 6.01 Å². The third kappa shape index (κ3) is 6.78. The third-order valence-electron chi connectivity index (χ3n) is 8.22. The number of hydrogen-bond donors (Lipinski definition) is 1. The first-order valence-electron chi connectivity index (χ1n) is 14.8. The highest BCUT2D eigenvalue weighted by molar-refractivity contribution is 5.88. The third-order valence-corrected chi connectivity index (χ3v) is 8.22. The van der Waals surface area contributed by atoms with E-state index in [0.717, 1.165) is 43.5 Å². The van der Waals surface area contributed by atoms with Crippen molar-refractivity contribution in [2.45, 2.75) is 64.5 Å². The number of Topliss-reactive ketones (excluding diaryl/α,β-unsaturated/α-hetero) is 1. The van der Waals surface area contributed by atoms with E-state index in [1.54, 1.807) is 27.7 Å². The Hall–Kier alpha value is -3.86. The molecule has 0 bridgehead atoms. The molecular weight excluding hydrogens is 537 g/mol. The molecular formula is C31H40FN7O3. The number of benzene rings is 1. The maximum absolute atomic E-state index is 14.8. The van der Waals surface area contributed by atoms with Gasteiger partial charge in [0.05, 0.1) is 6.20 Å². The molecule has 0 saturated carbocycles. The highest BCUT2D eigenvalue weighted by Gasteiger charge is 2.28. The summed E-state index contributed by atoms with van der Waals surface area (Å²) in [5.41, 5.74) is 2.82. The molecule has 2 fully saturated rings. The first-order valence-corrected chi connectivity index (χ1v) is 14.8. The van der Waals surface area contributed by atoms with Crippen LogP contribution in [-0.4, -0.2) is 80.4 Å². The molecule has 3 aromatic rings. The van der Waals surface area contributed by atoms with Gasteiger partial charge in [0.1, 0.15) is 17.7 Å². The number of rotatable bonds is 10. The number of fused-ring (bicyclic) bond motifs is 1. The minimum atomic E-state index is -0.422. The molecule has 0 spiro atoms. The second-order valence-electron chi connectivity index (χ2n) is 11.7. The second kappa shape index (κ2) is 13.0. The number of carbonyl (C=O) groups excluding carboxylic acids is 2. The fourth-order valence-electron chi connectivity index (χ4n) is 5.66. The Balaban J connectivity index is 1.31. The number of piperidine rings is 2. The highest BCUT2D eigenvalue weighted by Crippen LogP contribution is 2.25. The first kappa shape index (κ1) is 29.6. The quantitative estimate of drug-likeness (QED) is 0.361. The molecule has 0 aliphatic carbocycles. The molecule has 224 valence electrons. The van der Waals surface area contributed by atoms with Crippen LogP contribution in [0.4, 0.5) is 10.3 Å². The number of amides is 1. The molecule has 42 heavy (non-hydrogen) atoms. The lowest BCUT2D eigenvalue weighted by Crippen LogP contribution is -2.42. The van der Waals surface area contributed by atoms with Crippen molar-refractivity contribution >= 4 is 23.3 Å². The van der Waals surface area contributed by atoms with Gasteiger partial charge in [-0.15, -0.1) is 0 Å². The summed E-state index contributed by atoms with van der Waals surface area (Å²) in [7, 11) is 2.11. The van der Waals surface area contributed by atoms with Crippen molar-refractivity contribution in [3.05, 3.63) is 59.6 Å². The van der Waals surface area contributed by atoms with Crippen molar-refractivity contribution in [2.24, 2.45) is 5.92 Å². The molecule has 2 aromatic heterocycles. The van der Waals surface area contributed by atoms with Gasteiger partial charge in [0.15, 0.2) is 5.65 Å². The molecule has 1 atom stereocenters. The summed E-state index contributed by atoms with van der Waals surface area (Å²) in [6.45, 7) is 10.9. The molecule has 1 amide bonds. The summed E-state index contributed by atoms with van der Waals surface area (Å²) in [5.74, 6) is -0.282. The normalized spacial score (nSPS) is 18.4. The van der Waals surface area contributed by atoms with E-state index < -0.39 is 5.82 Å². The lowest BCUT2D eigenvalue weighted by Gasteiger charge is -2.31. The predicted octanol–water partition coefficient (Wildman–Crippen LogP) is 4.01. The number of carbonyl (C=O) groups is 2. The van der Waals surface area contributed by atoms with Crippen LogP contribution in [0.1, 0.15) is 62.1 Å². The van der Waals surface area contributed by atoms with Crippen LogP contribution >= 0.6 is 0 Å². The average Bonchev–Trinajstić information content (AvgIpc) is 3.43. The molecule has 5 rings (SSSR count). The molecule has 2 aliphatic heterocycles. The topological polar surface area (TPSA) is 105 Å². The van der Waals surface area contributed by atoms with Crippen LogP contribution in [0.15, 0.2) is 37.1 Å². The number of nitrogens with zero attached hydrogens (tertiary/aromatic N) is 6. The summed E-state index contributed by atoms with van der Waals surface area (Å²) in [6, 6.07) is 5.11. The molecule has 10 nitrogen and oxygen atoms in total. The van der Waals surface area contributed by atoms with E-state index in [4.69, 9.17) is 9.72 Å². The van der Waals surface area contributed by atoms with Crippen molar-refractivity contribution in [1.82, 2.24) is 29.4 Å².